The Balaban J connectivity index is 0.00000109. The van der Waals surface area contributed by atoms with E-state index in [4.69, 9.17) is 0 Å². The van der Waals surface area contributed by atoms with Crippen molar-refractivity contribution in [1.29, 1.82) is 0 Å². The zero-order valence-corrected chi connectivity index (χ0v) is 18.7. The summed E-state index contributed by atoms with van der Waals surface area (Å²) in [6.07, 6.45) is 4.10. The molecule has 0 amide bonds. The third-order valence-corrected chi connectivity index (χ3v) is 7.10. The predicted octanol–water partition coefficient (Wildman–Crippen LogP) is 3.99. The monoisotopic (exact) mass is 386 g/mol. The third kappa shape index (κ3) is 5.08. The van der Waals surface area contributed by atoms with Crippen molar-refractivity contribution in [2.24, 2.45) is 5.41 Å². The van der Waals surface area contributed by atoms with Crippen molar-refractivity contribution in [3.05, 3.63) is 30.3 Å². The van der Waals surface area contributed by atoms with Gasteiger partial charge in [-0.15, -0.1) is 0 Å². The first-order valence-corrected chi connectivity index (χ1v) is 11.7. The van der Waals surface area contributed by atoms with Crippen LogP contribution >= 0.6 is 0 Å². The SMILES string of the molecule is CC.CCC(C)N1CC2(CCN(CN3CCN(c4ccccc4)CC3)CC2)C1. The van der Waals surface area contributed by atoms with Crippen LogP contribution < -0.4 is 4.90 Å². The van der Waals surface area contributed by atoms with Crippen LogP contribution in [0.1, 0.15) is 47.0 Å². The highest BCUT2D eigenvalue weighted by molar-refractivity contribution is 5.46. The van der Waals surface area contributed by atoms with Crippen LogP contribution in [0.3, 0.4) is 0 Å². The fourth-order valence-corrected chi connectivity index (χ4v) is 4.94. The van der Waals surface area contributed by atoms with Crippen LogP contribution in [0.25, 0.3) is 0 Å². The molecule has 3 aliphatic heterocycles. The second-order valence-electron chi connectivity index (χ2n) is 8.86. The number of piperidine rings is 1. The van der Waals surface area contributed by atoms with E-state index in [0.717, 1.165) is 19.1 Å². The molecule has 0 radical (unpaired) electrons. The van der Waals surface area contributed by atoms with E-state index in [9.17, 15) is 0 Å². The highest BCUT2D eigenvalue weighted by Crippen LogP contribution is 2.41. The molecule has 3 heterocycles. The maximum atomic E-state index is 2.70. The molecule has 1 spiro atoms. The molecule has 4 rings (SSSR count). The summed E-state index contributed by atoms with van der Waals surface area (Å²) in [4.78, 5) is 10.6. The Morgan fingerprint density at radius 1 is 0.857 bits per heavy atom. The quantitative estimate of drug-likeness (QED) is 0.758. The molecular formula is C24H42N4. The van der Waals surface area contributed by atoms with Gasteiger partial charge in [0.15, 0.2) is 0 Å². The third-order valence-electron chi connectivity index (χ3n) is 7.10. The zero-order valence-electron chi connectivity index (χ0n) is 18.7. The second-order valence-corrected chi connectivity index (χ2v) is 8.86. The number of para-hydroxylation sites is 1. The summed E-state index contributed by atoms with van der Waals surface area (Å²) in [6, 6.07) is 11.6. The lowest BCUT2D eigenvalue weighted by Gasteiger charge is -2.56. The molecule has 0 bridgehead atoms. The van der Waals surface area contributed by atoms with Gasteiger partial charge in [-0.1, -0.05) is 39.0 Å². The summed E-state index contributed by atoms with van der Waals surface area (Å²) in [5.41, 5.74) is 2.04. The number of rotatable bonds is 5. The van der Waals surface area contributed by atoms with Crippen molar-refractivity contribution in [3.8, 4) is 0 Å². The van der Waals surface area contributed by atoms with Crippen molar-refractivity contribution >= 4 is 5.69 Å². The normalized spacial score (nSPS) is 24.4. The molecule has 0 N–H and O–H groups in total. The van der Waals surface area contributed by atoms with E-state index >= 15 is 0 Å². The Labute approximate surface area is 173 Å². The molecular weight excluding hydrogens is 344 g/mol. The first-order chi connectivity index (χ1) is 13.7. The highest BCUT2D eigenvalue weighted by Gasteiger charge is 2.45. The molecule has 0 saturated carbocycles. The van der Waals surface area contributed by atoms with Crippen LogP contribution in [0.15, 0.2) is 30.3 Å². The maximum absolute atomic E-state index is 2.70. The number of benzene rings is 1. The fraction of sp³-hybridized carbons (Fsp3) is 0.750. The Morgan fingerprint density at radius 3 is 2.00 bits per heavy atom. The van der Waals surface area contributed by atoms with E-state index in [1.807, 2.05) is 13.8 Å². The van der Waals surface area contributed by atoms with Gasteiger partial charge in [0.05, 0.1) is 6.67 Å². The van der Waals surface area contributed by atoms with Crippen LogP contribution in [0.4, 0.5) is 5.69 Å². The van der Waals surface area contributed by atoms with Gasteiger partial charge in [0.1, 0.15) is 0 Å². The van der Waals surface area contributed by atoms with Gasteiger partial charge in [-0.2, -0.15) is 0 Å². The molecule has 3 saturated heterocycles. The summed E-state index contributed by atoms with van der Waals surface area (Å²) >= 11 is 0. The van der Waals surface area contributed by atoms with E-state index in [1.54, 1.807) is 0 Å². The summed E-state index contributed by atoms with van der Waals surface area (Å²) < 4.78 is 0. The van der Waals surface area contributed by atoms with E-state index in [0.29, 0.717) is 5.41 Å². The summed E-state index contributed by atoms with van der Waals surface area (Å²) in [6.45, 7) is 19.9. The molecule has 1 unspecified atom stereocenters. The van der Waals surface area contributed by atoms with Crippen molar-refractivity contribution in [3.63, 3.8) is 0 Å². The Hall–Kier alpha value is -1.10. The molecule has 158 valence electrons. The van der Waals surface area contributed by atoms with Crippen molar-refractivity contribution in [2.75, 3.05) is 63.9 Å². The molecule has 3 aliphatic rings. The van der Waals surface area contributed by atoms with Gasteiger partial charge >= 0.3 is 0 Å². The second kappa shape index (κ2) is 10.1. The van der Waals surface area contributed by atoms with Crippen LogP contribution in [0, 0.1) is 5.41 Å². The van der Waals surface area contributed by atoms with E-state index in [1.165, 1.54) is 70.9 Å². The molecule has 0 aromatic heterocycles. The van der Waals surface area contributed by atoms with Crippen LogP contribution in [-0.4, -0.2) is 79.8 Å². The van der Waals surface area contributed by atoms with Crippen molar-refractivity contribution < 1.29 is 0 Å². The van der Waals surface area contributed by atoms with Gasteiger partial charge in [-0.05, 0) is 56.8 Å². The van der Waals surface area contributed by atoms with Crippen LogP contribution in [0.2, 0.25) is 0 Å². The average Bonchev–Trinajstić information content (AvgIpc) is 2.75. The smallest absolute Gasteiger partial charge is 0.0507 e. The molecule has 28 heavy (non-hydrogen) atoms. The predicted molar refractivity (Wildman–Crippen MR) is 121 cm³/mol. The Morgan fingerprint density at radius 2 is 1.43 bits per heavy atom. The van der Waals surface area contributed by atoms with Gasteiger partial charge in [0.25, 0.3) is 0 Å². The highest BCUT2D eigenvalue weighted by atomic mass is 15.4. The minimum absolute atomic E-state index is 0.659. The van der Waals surface area contributed by atoms with Gasteiger partial charge < -0.3 is 4.90 Å². The Kier molecular flexibility index (Phi) is 7.78. The van der Waals surface area contributed by atoms with Crippen molar-refractivity contribution in [1.82, 2.24) is 14.7 Å². The maximum Gasteiger partial charge on any atom is 0.0507 e. The number of hydrogen-bond acceptors (Lipinski definition) is 4. The summed E-state index contributed by atoms with van der Waals surface area (Å²) in [5, 5.41) is 0. The van der Waals surface area contributed by atoms with Crippen molar-refractivity contribution in [2.45, 2.75) is 53.0 Å². The molecule has 4 heteroatoms. The van der Waals surface area contributed by atoms with Gasteiger partial charge in [0, 0.05) is 51.0 Å². The molecule has 1 aromatic carbocycles. The van der Waals surface area contributed by atoms with E-state index < -0.39 is 0 Å². The van der Waals surface area contributed by atoms with Crippen LogP contribution in [-0.2, 0) is 0 Å². The lowest BCUT2D eigenvalue weighted by atomic mass is 9.71. The molecule has 4 nitrogen and oxygen atoms in total. The average molecular weight is 387 g/mol. The molecule has 0 aliphatic carbocycles. The molecule has 3 fully saturated rings. The zero-order chi connectivity index (χ0) is 20.0. The minimum Gasteiger partial charge on any atom is -0.369 e. The first-order valence-electron chi connectivity index (χ1n) is 11.7. The van der Waals surface area contributed by atoms with Gasteiger partial charge in [-0.25, -0.2) is 0 Å². The number of hydrogen-bond donors (Lipinski definition) is 0. The van der Waals surface area contributed by atoms with Gasteiger partial charge in [-0.3, -0.25) is 14.7 Å². The summed E-state index contributed by atoms with van der Waals surface area (Å²) in [5.74, 6) is 0. The topological polar surface area (TPSA) is 13.0 Å². The molecule has 1 atom stereocenters. The standard InChI is InChI=1S/C22H36N4.C2H6/c1-3-20(2)26-17-22(18-26)9-11-23(12-10-22)19-24-13-15-25(16-14-24)21-7-5-4-6-8-21;1-2/h4-8,20H,3,9-19H2,1-2H3;1-2H3. The van der Waals surface area contributed by atoms with E-state index in [-0.39, 0.29) is 0 Å². The number of likely N-dealkylation sites (tertiary alicyclic amines) is 2. The minimum atomic E-state index is 0.659. The first kappa shape index (κ1) is 21.6. The Bertz CT molecular complexity index is 551. The lowest BCUT2D eigenvalue weighted by Crippen LogP contribution is -2.63. The van der Waals surface area contributed by atoms with Crippen LogP contribution in [0.5, 0.6) is 0 Å². The number of anilines is 1. The largest absolute Gasteiger partial charge is 0.369 e. The number of piperazine rings is 1. The lowest BCUT2D eigenvalue weighted by molar-refractivity contribution is -0.0725. The van der Waals surface area contributed by atoms with Gasteiger partial charge in [0.2, 0.25) is 0 Å². The summed E-state index contributed by atoms with van der Waals surface area (Å²) in [7, 11) is 0. The van der Waals surface area contributed by atoms with E-state index in [2.05, 4.69) is 63.8 Å². The molecule has 1 aromatic rings. The number of nitrogens with zero attached hydrogens (tertiary/aromatic N) is 4. The fourth-order valence-electron chi connectivity index (χ4n) is 4.94.